The van der Waals surface area contributed by atoms with Crippen LogP contribution < -0.4 is 20.5 Å². The largest absolute Gasteiger partial charge is 0.493 e. The number of anilines is 1. The van der Waals surface area contributed by atoms with E-state index in [1.54, 1.807) is 37.0 Å². The van der Waals surface area contributed by atoms with Gasteiger partial charge in [0.1, 0.15) is 5.01 Å². The maximum absolute atomic E-state index is 12.7. The molecule has 2 aromatic heterocycles. The minimum absolute atomic E-state index is 0.126. The number of thiazole rings is 1. The van der Waals surface area contributed by atoms with E-state index in [1.807, 2.05) is 42.6 Å². The Hall–Kier alpha value is -3.63. The van der Waals surface area contributed by atoms with E-state index >= 15 is 0 Å². The maximum Gasteiger partial charge on any atom is 0.419 e. The van der Waals surface area contributed by atoms with Crippen molar-refractivity contribution in [2.24, 2.45) is 0 Å². The van der Waals surface area contributed by atoms with Crippen LogP contribution in [0, 0.1) is 0 Å². The van der Waals surface area contributed by atoms with Gasteiger partial charge in [-0.2, -0.15) is 0 Å². The Kier molecular flexibility index (Phi) is 6.99. The van der Waals surface area contributed by atoms with E-state index in [2.05, 4.69) is 10.3 Å². The summed E-state index contributed by atoms with van der Waals surface area (Å²) < 4.78 is 17.5. The number of benzene rings is 2. The minimum atomic E-state index is -0.412. The first-order valence-electron chi connectivity index (χ1n) is 10.6. The Morgan fingerprint density at radius 1 is 1.15 bits per heavy atom. The van der Waals surface area contributed by atoms with E-state index in [0.29, 0.717) is 47.1 Å². The lowest BCUT2D eigenvalue weighted by molar-refractivity contribution is -0.115. The molecular formula is C24H26N4O5S. The van der Waals surface area contributed by atoms with E-state index in [4.69, 9.17) is 13.9 Å². The van der Waals surface area contributed by atoms with E-state index < -0.39 is 5.76 Å². The lowest BCUT2D eigenvalue weighted by atomic mass is 10.2. The molecule has 178 valence electrons. The van der Waals surface area contributed by atoms with E-state index in [0.717, 1.165) is 10.6 Å². The lowest BCUT2D eigenvalue weighted by Gasteiger charge is -2.10. The normalized spacial score (nSPS) is 11.2. The first kappa shape index (κ1) is 23.5. The van der Waals surface area contributed by atoms with Gasteiger partial charge in [0.15, 0.2) is 17.1 Å². The summed E-state index contributed by atoms with van der Waals surface area (Å²) in [5.74, 6) is 0.650. The number of nitrogens with zero attached hydrogens (tertiary/aromatic N) is 3. The number of methoxy groups -OCH3 is 2. The maximum atomic E-state index is 12.7. The highest BCUT2D eigenvalue weighted by Crippen LogP contribution is 2.33. The summed E-state index contributed by atoms with van der Waals surface area (Å²) in [6.07, 6.45) is 0.126. The Bertz CT molecular complexity index is 1370. The van der Waals surface area contributed by atoms with Crippen molar-refractivity contribution in [1.82, 2.24) is 14.5 Å². The second-order valence-electron chi connectivity index (χ2n) is 7.94. The molecule has 4 aromatic rings. The lowest BCUT2D eigenvalue weighted by Crippen LogP contribution is -2.23. The summed E-state index contributed by atoms with van der Waals surface area (Å²) in [7, 11) is 7.05. The quantitative estimate of drug-likeness (QED) is 0.390. The van der Waals surface area contributed by atoms with Crippen molar-refractivity contribution >= 4 is 34.0 Å². The highest BCUT2D eigenvalue weighted by molar-refractivity contribution is 7.13. The van der Waals surface area contributed by atoms with Crippen LogP contribution in [0.15, 0.2) is 51.0 Å². The number of amides is 1. The Balaban J connectivity index is 1.47. The second-order valence-corrected chi connectivity index (χ2v) is 8.80. The van der Waals surface area contributed by atoms with Crippen molar-refractivity contribution in [2.45, 2.75) is 13.0 Å². The number of carbonyl (C=O) groups is 1. The van der Waals surface area contributed by atoms with Crippen molar-refractivity contribution in [3.8, 4) is 22.1 Å². The number of hydrogen-bond donors (Lipinski definition) is 1. The van der Waals surface area contributed by atoms with Crippen molar-refractivity contribution in [2.75, 3.05) is 40.2 Å². The van der Waals surface area contributed by atoms with E-state index in [-0.39, 0.29) is 12.3 Å². The number of carbonyl (C=O) groups excluding carboxylic acids is 1. The molecule has 1 amide bonds. The van der Waals surface area contributed by atoms with Gasteiger partial charge in [-0.25, -0.2) is 9.78 Å². The molecule has 4 rings (SSSR count). The van der Waals surface area contributed by atoms with Crippen LogP contribution in [0.4, 0.5) is 5.69 Å². The SMILES string of the molecule is COc1ccc(-c2nc(CC(=O)Nc3ccc4oc(=O)n(CCN(C)C)c4c3)cs2)cc1OC. The fourth-order valence-corrected chi connectivity index (χ4v) is 4.33. The van der Waals surface area contributed by atoms with Crippen LogP contribution in [0.3, 0.4) is 0 Å². The van der Waals surface area contributed by atoms with Gasteiger partial charge < -0.3 is 24.1 Å². The van der Waals surface area contributed by atoms with Crippen LogP contribution in [-0.2, 0) is 17.8 Å². The molecule has 2 heterocycles. The smallest absolute Gasteiger partial charge is 0.419 e. The number of nitrogens with one attached hydrogen (secondary N) is 1. The van der Waals surface area contributed by atoms with Gasteiger partial charge >= 0.3 is 5.76 Å². The summed E-state index contributed by atoms with van der Waals surface area (Å²) in [6, 6.07) is 10.7. The Morgan fingerprint density at radius 2 is 1.94 bits per heavy atom. The van der Waals surface area contributed by atoms with Gasteiger partial charge in [0.25, 0.3) is 0 Å². The van der Waals surface area contributed by atoms with Crippen LogP contribution in [-0.4, -0.2) is 55.2 Å². The topological polar surface area (TPSA) is 98.8 Å². The molecule has 0 bridgehead atoms. The highest BCUT2D eigenvalue weighted by atomic mass is 32.1. The van der Waals surface area contributed by atoms with Crippen LogP contribution >= 0.6 is 11.3 Å². The third-order valence-electron chi connectivity index (χ3n) is 5.25. The third-order valence-corrected chi connectivity index (χ3v) is 6.19. The molecule has 0 aliphatic heterocycles. The Morgan fingerprint density at radius 3 is 2.68 bits per heavy atom. The zero-order valence-electron chi connectivity index (χ0n) is 19.5. The molecule has 1 N–H and O–H groups in total. The number of aromatic nitrogens is 2. The standard InChI is InChI=1S/C24H26N4O5S/c1-27(2)9-10-28-18-12-16(6-8-19(18)33-24(28)30)25-22(29)13-17-14-34-23(26-17)15-5-7-20(31-3)21(11-15)32-4/h5-8,11-12,14H,9-10,13H2,1-4H3,(H,25,29). The second kappa shape index (κ2) is 10.1. The predicted molar refractivity (Wildman–Crippen MR) is 132 cm³/mol. The van der Waals surface area contributed by atoms with Gasteiger partial charge in [0, 0.05) is 29.7 Å². The number of ether oxygens (including phenoxy) is 2. The molecule has 0 aliphatic rings. The van der Waals surface area contributed by atoms with Crippen LogP contribution in [0.5, 0.6) is 11.5 Å². The number of oxazole rings is 1. The first-order valence-corrected chi connectivity index (χ1v) is 11.5. The molecule has 0 aliphatic carbocycles. The summed E-state index contributed by atoms with van der Waals surface area (Å²) in [6.45, 7) is 1.19. The summed E-state index contributed by atoms with van der Waals surface area (Å²) in [5, 5.41) is 5.54. The molecule has 0 fully saturated rings. The molecular weight excluding hydrogens is 456 g/mol. The van der Waals surface area contributed by atoms with Crippen LogP contribution in [0.2, 0.25) is 0 Å². The molecule has 0 atom stereocenters. The number of rotatable bonds is 9. The average Bonchev–Trinajstić information content (AvgIpc) is 3.40. The first-order chi connectivity index (χ1) is 16.4. The summed E-state index contributed by atoms with van der Waals surface area (Å²) in [5.41, 5.74) is 3.28. The Labute approximate surface area is 200 Å². The average molecular weight is 483 g/mol. The molecule has 0 unspecified atom stereocenters. The zero-order valence-corrected chi connectivity index (χ0v) is 20.3. The van der Waals surface area contributed by atoms with Crippen molar-refractivity contribution < 1.29 is 18.7 Å². The summed E-state index contributed by atoms with van der Waals surface area (Å²) >= 11 is 1.46. The monoisotopic (exact) mass is 482 g/mol. The van der Waals surface area contributed by atoms with Gasteiger partial charge in [-0.1, -0.05) is 0 Å². The number of hydrogen-bond acceptors (Lipinski definition) is 8. The van der Waals surface area contributed by atoms with Gasteiger partial charge in [-0.15, -0.1) is 11.3 Å². The summed E-state index contributed by atoms with van der Waals surface area (Å²) in [4.78, 5) is 31.4. The van der Waals surface area contributed by atoms with Gasteiger partial charge in [0.2, 0.25) is 5.91 Å². The van der Waals surface area contributed by atoms with Gasteiger partial charge in [-0.05, 0) is 50.5 Å². The van der Waals surface area contributed by atoms with Crippen LogP contribution in [0.1, 0.15) is 5.69 Å². The van der Waals surface area contributed by atoms with Gasteiger partial charge in [-0.3, -0.25) is 9.36 Å². The fourth-order valence-electron chi connectivity index (χ4n) is 3.51. The van der Waals surface area contributed by atoms with Crippen LogP contribution in [0.25, 0.3) is 21.7 Å². The fraction of sp³-hybridized carbons (Fsp3) is 0.292. The minimum Gasteiger partial charge on any atom is -0.493 e. The van der Waals surface area contributed by atoms with E-state index in [1.165, 1.54) is 11.3 Å². The molecule has 0 saturated heterocycles. The molecule has 0 saturated carbocycles. The van der Waals surface area contributed by atoms with Gasteiger partial charge in [0.05, 0.1) is 31.9 Å². The predicted octanol–water partition coefficient (Wildman–Crippen LogP) is 3.48. The molecule has 0 spiro atoms. The van der Waals surface area contributed by atoms with E-state index in [9.17, 15) is 9.59 Å². The van der Waals surface area contributed by atoms with Crippen molar-refractivity contribution in [3.63, 3.8) is 0 Å². The number of likely N-dealkylation sites (N-methyl/N-ethyl adjacent to an activating group) is 1. The molecule has 2 aromatic carbocycles. The molecule has 9 nitrogen and oxygen atoms in total. The highest BCUT2D eigenvalue weighted by Gasteiger charge is 2.14. The van der Waals surface area contributed by atoms with Crippen molar-refractivity contribution in [3.05, 3.63) is 58.0 Å². The molecule has 0 radical (unpaired) electrons. The zero-order chi connectivity index (χ0) is 24.2. The molecule has 34 heavy (non-hydrogen) atoms. The molecule has 10 heteroatoms. The van der Waals surface area contributed by atoms with Crippen molar-refractivity contribution in [1.29, 1.82) is 0 Å². The third kappa shape index (κ3) is 5.13. The number of fused-ring (bicyclic) bond motifs is 1.